The van der Waals surface area contributed by atoms with Gasteiger partial charge in [0.25, 0.3) is 5.91 Å². The van der Waals surface area contributed by atoms with Crippen LogP contribution in [0.1, 0.15) is 15.4 Å². The molecule has 2 heterocycles. The summed E-state index contributed by atoms with van der Waals surface area (Å²) >= 11 is 8.11. The fraction of sp³-hybridized carbons (Fsp3) is 0.0909. The van der Waals surface area contributed by atoms with Crippen molar-refractivity contribution in [3.63, 3.8) is 0 Å². The van der Waals surface area contributed by atoms with Crippen molar-refractivity contribution in [1.82, 2.24) is 10.3 Å². The summed E-state index contributed by atoms with van der Waals surface area (Å²) in [7, 11) is 0. The predicted molar refractivity (Wildman–Crippen MR) is 75.1 cm³/mol. The lowest BCUT2D eigenvalue weighted by Gasteiger charge is -2.02. The van der Waals surface area contributed by atoms with Crippen molar-refractivity contribution < 1.29 is 4.79 Å². The zero-order valence-electron chi connectivity index (χ0n) is 8.61. The second-order valence-corrected chi connectivity index (χ2v) is 6.46. The molecule has 0 atom stereocenters. The average molecular weight is 376 g/mol. The third kappa shape index (κ3) is 3.37. The Morgan fingerprint density at radius 1 is 1.41 bits per heavy atom. The number of halogens is 2. The SMILES string of the molecule is O=C(NCc1ccccn1)c1cc(Br)c(Br)s1. The van der Waals surface area contributed by atoms with Gasteiger partial charge in [-0.3, -0.25) is 9.78 Å². The van der Waals surface area contributed by atoms with E-state index in [1.54, 1.807) is 12.3 Å². The molecular weight excluding hydrogens is 368 g/mol. The molecule has 1 amide bonds. The number of carbonyl (C=O) groups is 1. The van der Waals surface area contributed by atoms with Gasteiger partial charge in [-0.15, -0.1) is 11.3 Å². The van der Waals surface area contributed by atoms with Crippen LogP contribution in [0.4, 0.5) is 0 Å². The highest BCUT2D eigenvalue weighted by molar-refractivity contribution is 9.13. The number of rotatable bonds is 3. The minimum absolute atomic E-state index is 0.0907. The van der Waals surface area contributed by atoms with E-state index < -0.39 is 0 Å². The smallest absolute Gasteiger partial charge is 0.261 e. The van der Waals surface area contributed by atoms with Gasteiger partial charge in [-0.25, -0.2) is 0 Å². The number of carbonyl (C=O) groups excluding carboxylic acids is 1. The van der Waals surface area contributed by atoms with Gasteiger partial charge in [-0.05, 0) is 50.1 Å². The van der Waals surface area contributed by atoms with Crippen molar-refractivity contribution in [2.75, 3.05) is 0 Å². The van der Waals surface area contributed by atoms with Gasteiger partial charge < -0.3 is 5.32 Å². The maximum absolute atomic E-state index is 11.8. The third-order valence-corrected chi connectivity index (χ3v) is 5.28. The number of hydrogen-bond donors (Lipinski definition) is 1. The Hall–Kier alpha value is -0.720. The topological polar surface area (TPSA) is 42.0 Å². The number of amides is 1. The second kappa shape index (κ2) is 5.75. The highest BCUT2D eigenvalue weighted by atomic mass is 79.9. The van der Waals surface area contributed by atoms with Crippen LogP contribution in [0.15, 0.2) is 38.7 Å². The maximum atomic E-state index is 11.8. The van der Waals surface area contributed by atoms with Crippen LogP contribution < -0.4 is 5.32 Å². The first-order valence-electron chi connectivity index (χ1n) is 4.80. The average Bonchev–Trinajstić information content (AvgIpc) is 2.68. The second-order valence-electron chi connectivity index (χ2n) is 3.24. The van der Waals surface area contributed by atoms with Crippen LogP contribution in [-0.2, 0) is 6.54 Å². The summed E-state index contributed by atoms with van der Waals surface area (Å²) in [5.74, 6) is -0.0907. The Kier molecular flexibility index (Phi) is 4.31. The molecular formula is C11H8Br2N2OS. The van der Waals surface area contributed by atoms with Crippen LogP contribution in [0, 0.1) is 0 Å². The molecule has 6 heteroatoms. The van der Waals surface area contributed by atoms with Crippen molar-refractivity contribution in [2.24, 2.45) is 0 Å². The Labute approximate surface area is 120 Å². The molecule has 1 N–H and O–H groups in total. The minimum Gasteiger partial charge on any atom is -0.346 e. The van der Waals surface area contributed by atoms with E-state index in [0.29, 0.717) is 11.4 Å². The zero-order chi connectivity index (χ0) is 12.3. The molecule has 0 aliphatic carbocycles. The van der Waals surface area contributed by atoms with Gasteiger partial charge in [0.1, 0.15) is 0 Å². The molecule has 2 aromatic heterocycles. The number of hydrogen-bond acceptors (Lipinski definition) is 3. The molecule has 0 radical (unpaired) electrons. The molecule has 2 rings (SSSR count). The quantitative estimate of drug-likeness (QED) is 0.890. The minimum atomic E-state index is -0.0907. The van der Waals surface area contributed by atoms with Crippen LogP contribution in [0.5, 0.6) is 0 Å². The van der Waals surface area contributed by atoms with E-state index in [-0.39, 0.29) is 5.91 Å². The van der Waals surface area contributed by atoms with Gasteiger partial charge in [0.05, 0.1) is 20.9 Å². The molecule has 0 fully saturated rings. The summed E-state index contributed by atoms with van der Waals surface area (Å²) in [5, 5.41) is 2.82. The normalized spacial score (nSPS) is 10.2. The lowest BCUT2D eigenvalue weighted by Crippen LogP contribution is -2.22. The number of thiophene rings is 1. The van der Waals surface area contributed by atoms with Gasteiger partial charge in [0.15, 0.2) is 0 Å². The van der Waals surface area contributed by atoms with E-state index in [1.807, 2.05) is 18.2 Å². The largest absolute Gasteiger partial charge is 0.346 e. The number of nitrogens with zero attached hydrogens (tertiary/aromatic N) is 1. The summed E-state index contributed by atoms with van der Waals surface area (Å²) in [6.45, 7) is 0.437. The number of aromatic nitrogens is 1. The van der Waals surface area contributed by atoms with Gasteiger partial charge in [-0.2, -0.15) is 0 Å². The molecule has 0 aromatic carbocycles. The van der Waals surface area contributed by atoms with E-state index in [4.69, 9.17) is 0 Å². The number of nitrogens with one attached hydrogen (secondary N) is 1. The van der Waals surface area contributed by atoms with E-state index in [0.717, 1.165) is 14.0 Å². The Morgan fingerprint density at radius 2 is 2.24 bits per heavy atom. The lowest BCUT2D eigenvalue weighted by atomic mass is 10.3. The molecule has 0 saturated heterocycles. The molecule has 0 unspecified atom stereocenters. The first kappa shape index (κ1) is 12.7. The van der Waals surface area contributed by atoms with Gasteiger partial charge in [0, 0.05) is 10.7 Å². The molecule has 88 valence electrons. The first-order valence-corrected chi connectivity index (χ1v) is 7.20. The van der Waals surface area contributed by atoms with E-state index in [9.17, 15) is 4.79 Å². The summed E-state index contributed by atoms with van der Waals surface area (Å²) in [6, 6.07) is 7.41. The van der Waals surface area contributed by atoms with Gasteiger partial charge >= 0.3 is 0 Å². The van der Waals surface area contributed by atoms with Crippen molar-refractivity contribution >= 4 is 49.1 Å². The molecule has 0 spiro atoms. The fourth-order valence-electron chi connectivity index (χ4n) is 1.22. The molecule has 3 nitrogen and oxygen atoms in total. The van der Waals surface area contributed by atoms with Crippen molar-refractivity contribution in [3.8, 4) is 0 Å². The third-order valence-electron chi connectivity index (χ3n) is 2.03. The van der Waals surface area contributed by atoms with Crippen LogP contribution in [0.2, 0.25) is 0 Å². The van der Waals surface area contributed by atoms with E-state index in [2.05, 4.69) is 42.2 Å². The first-order chi connectivity index (χ1) is 8.16. The van der Waals surface area contributed by atoms with E-state index >= 15 is 0 Å². The fourth-order valence-corrected chi connectivity index (χ4v) is 3.17. The molecule has 0 aliphatic rings. The zero-order valence-corrected chi connectivity index (χ0v) is 12.6. The van der Waals surface area contributed by atoms with E-state index in [1.165, 1.54) is 11.3 Å². The van der Waals surface area contributed by atoms with Crippen LogP contribution in [-0.4, -0.2) is 10.9 Å². The highest BCUT2D eigenvalue weighted by Gasteiger charge is 2.11. The van der Waals surface area contributed by atoms with Crippen molar-refractivity contribution in [2.45, 2.75) is 6.54 Å². The predicted octanol–water partition coefficient (Wildman–Crippen LogP) is 3.60. The highest BCUT2D eigenvalue weighted by Crippen LogP contribution is 2.32. The lowest BCUT2D eigenvalue weighted by molar-refractivity contribution is 0.0954. The molecule has 17 heavy (non-hydrogen) atoms. The summed E-state index contributed by atoms with van der Waals surface area (Å²) in [5.41, 5.74) is 0.843. The Balaban J connectivity index is 1.98. The monoisotopic (exact) mass is 374 g/mol. The van der Waals surface area contributed by atoms with Crippen LogP contribution >= 0.6 is 43.2 Å². The van der Waals surface area contributed by atoms with Gasteiger partial charge in [0.2, 0.25) is 0 Å². The molecule has 2 aromatic rings. The van der Waals surface area contributed by atoms with Gasteiger partial charge in [-0.1, -0.05) is 6.07 Å². The summed E-state index contributed by atoms with van der Waals surface area (Å²) in [4.78, 5) is 16.6. The van der Waals surface area contributed by atoms with Crippen LogP contribution in [0.3, 0.4) is 0 Å². The van der Waals surface area contributed by atoms with Crippen molar-refractivity contribution in [3.05, 3.63) is 49.3 Å². The Bertz CT molecular complexity index is 508. The van der Waals surface area contributed by atoms with Crippen molar-refractivity contribution in [1.29, 1.82) is 0 Å². The summed E-state index contributed by atoms with van der Waals surface area (Å²) < 4.78 is 1.81. The molecule has 0 aliphatic heterocycles. The standard InChI is InChI=1S/C11H8Br2N2OS/c12-8-5-9(17-10(8)13)11(16)15-6-7-3-1-2-4-14-7/h1-5H,6H2,(H,15,16). The summed E-state index contributed by atoms with van der Waals surface area (Å²) in [6.07, 6.45) is 1.71. The maximum Gasteiger partial charge on any atom is 0.261 e. The van der Waals surface area contributed by atoms with Crippen LogP contribution in [0.25, 0.3) is 0 Å². The number of pyridine rings is 1. The Morgan fingerprint density at radius 3 is 2.82 bits per heavy atom. The molecule has 0 bridgehead atoms. The molecule has 0 saturated carbocycles.